The monoisotopic (exact) mass is 258 g/mol. The van der Waals surface area contributed by atoms with Gasteiger partial charge in [-0.25, -0.2) is 0 Å². The van der Waals surface area contributed by atoms with Gasteiger partial charge < -0.3 is 9.47 Å². The Morgan fingerprint density at radius 3 is 2.79 bits per heavy atom. The van der Waals surface area contributed by atoms with Gasteiger partial charge in [0, 0.05) is 18.3 Å². The Balaban J connectivity index is 1.91. The molecule has 5 nitrogen and oxygen atoms in total. The third-order valence-corrected chi connectivity index (χ3v) is 3.02. The van der Waals surface area contributed by atoms with Gasteiger partial charge in [-0.2, -0.15) is 5.10 Å². The molecule has 0 spiro atoms. The van der Waals surface area contributed by atoms with Crippen LogP contribution in [0.4, 0.5) is 0 Å². The highest BCUT2D eigenvalue weighted by atomic mass is 16.6. The van der Waals surface area contributed by atoms with Gasteiger partial charge in [0.15, 0.2) is 17.3 Å². The number of rotatable bonds is 3. The van der Waals surface area contributed by atoms with Crippen molar-refractivity contribution < 1.29 is 14.3 Å². The summed E-state index contributed by atoms with van der Waals surface area (Å²) in [5, 5.41) is 4.11. The molecule has 0 radical (unpaired) electrons. The first kappa shape index (κ1) is 11.8. The molecule has 0 unspecified atom stereocenters. The van der Waals surface area contributed by atoms with Gasteiger partial charge in [0.1, 0.15) is 13.2 Å². The highest BCUT2D eigenvalue weighted by molar-refractivity contribution is 6.09. The predicted octanol–water partition coefficient (Wildman–Crippen LogP) is 1.91. The lowest BCUT2D eigenvalue weighted by Gasteiger charge is -2.18. The molecular formula is C14H14N2O3. The van der Waals surface area contributed by atoms with Gasteiger partial charge in [-0.1, -0.05) is 0 Å². The average molecular weight is 258 g/mol. The van der Waals surface area contributed by atoms with Crippen molar-refractivity contribution in [2.45, 2.75) is 13.5 Å². The smallest absolute Gasteiger partial charge is 0.196 e. The molecule has 0 aliphatic carbocycles. The Hall–Kier alpha value is -2.30. The summed E-state index contributed by atoms with van der Waals surface area (Å²) in [6.45, 7) is 3.78. The minimum atomic E-state index is -0.0586. The molecule has 0 N–H and O–H groups in total. The van der Waals surface area contributed by atoms with E-state index in [-0.39, 0.29) is 5.78 Å². The fourth-order valence-corrected chi connectivity index (χ4v) is 2.01. The number of carbonyl (C=O) groups excluding carboxylic acids is 1. The van der Waals surface area contributed by atoms with Crippen LogP contribution in [0.1, 0.15) is 22.8 Å². The number of nitrogens with zero attached hydrogens (tertiary/aromatic N) is 2. The fraction of sp³-hybridized carbons (Fsp3) is 0.286. The minimum Gasteiger partial charge on any atom is -0.486 e. The number of ether oxygens (including phenoxy) is 2. The highest BCUT2D eigenvalue weighted by Gasteiger charge is 2.16. The van der Waals surface area contributed by atoms with E-state index in [1.165, 1.54) is 0 Å². The summed E-state index contributed by atoms with van der Waals surface area (Å²) >= 11 is 0. The van der Waals surface area contributed by atoms with Crippen LogP contribution in [-0.2, 0) is 6.54 Å². The molecule has 5 heteroatoms. The number of aromatic nitrogens is 2. The Kier molecular flexibility index (Phi) is 2.95. The first-order valence-electron chi connectivity index (χ1n) is 6.24. The maximum atomic E-state index is 12.3. The van der Waals surface area contributed by atoms with E-state index in [9.17, 15) is 4.79 Å². The van der Waals surface area contributed by atoms with Crippen LogP contribution in [0.3, 0.4) is 0 Å². The van der Waals surface area contributed by atoms with E-state index in [0.29, 0.717) is 35.8 Å². The molecule has 1 aliphatic rings. The van der Waals surface area contributed by atoms with Gasteiger partial charge >= 0.3 is 0 Å². The van der Waals surface area contributed by atoms with E-state index >= 15 is 0 Å². The van der Waals surface area contributed by atoms with Crippen molar-refractivity contribution in [2.75, 3.05) is 13.2 Å². The van der Waals surface area contributed by atoms with Gasteiger partial charge in [0.05, 0.1) is 11.8 Å². The van der Waals surface area contributed by atoms with Crippen molar-refractivity contribution in [1.29, 1.82) is 0 Å². The van der Waals surface area contributed by atoms with Gasteiger partial charge in [-0.3, -0.25) is 9.48 Å². The van der Waals surface area contributed by atoms with E-state index in [0.717, 1.165) is 6.54 Å². The Morgan fingerprint density at radius 1 is 1.26 bits per heavy atom. The number of hydrogen-bond donors (Lipinski definition) is 0. The fourth-order valence-electron chi connectivity index (χ4n) is 2.01. The zero-order chi connectivity index (χ0) is 13.2. The molecule has 2 heterocycles. The molecule has 1 aliphatic heterocycles. The first-order chi connectivity index (χ1) is 9.28. The topological polar surface area (TPSA) is 53.4 Å². The summed E-state index contributed by atoms with van der Waals surface area (Å²) in [7, 11) is 0. The molecule has 0 atom stereocenters. The zero-order valence-electron chi connectivity index (χ0n) is 10.6. The van der Waals surface area contributed by atoms with Crippen molar-refractivity contribution in [3.63, 3.8) is 0 Å². The van der Waals surface area contributed by atoms with Crippen LogP contribution in [0.15, 0.2) is 30.6 Å². The second-order valence-electron chi connectivity index (χ2n) is 4.27. The van der Waals surface area contributed by atoms with Crippen LogP contribution in [-0.4, -0.2) is 28.8 Å². The van der Waals surface area contributed by atoms with Crippen LogP contribution in [0.2, 0.25) is 0 Å². The molecule has 1 aromatic carbocycles. The van der Waals surface area contributed by atoms with E-state index in [1.807, 2.05) is 6.92 Å². The zero-order valence-corrected chi connectivity index (χ0v) is 10.6. The molecule has 0 bridgehead atoms. The van der Waals surface area contributed by atoms with Crippen LogP contribution in [0.25, 0.3) is 0 Å². The maximum absolute atomic E-state index is 12.3. The average Bonchev–Trinajstić information content (AvgIpc) is 2.95. The number of fused-ring (bicyclic) bond motifs is 1. The third-order valence-electron chi connectivity index (χ3n) is 3.02. The Labute approximate surface area is 110 Å². The lowest BCUT2D eigenvalue weighted by Crippen LogP contribution is -2.15. The maximum Gasteiger partial charge on any atom is 0.196 e. The van der Waals surface area contributed by atoms with Crippen molar-refractivity contribution in [3.05, 3.63) is 41.7 Å². The summed E-state index contributed by atoms with van der Waals surface area (Å²) in [6, 6.07) is 5.24. The largest absolute Gasteiger partial charge is 0.486 e. The number of carbonyl (C=O) groups is 1. The molecule has 0 saturated carbocycles. The van der Waals surface area contributed by atoms with Gasteiger partial charge in [-0.05, 0) is 25.1 Å². The quantitative estimate of drug-likeness (QED) is 0.789. The predicted molar refractivity (Wildman–Crippen MR) is 68.8 cm³/mol. The lowest BCUT2D eigenvalue weighted by molar-refractivity contribution is 0.103. The van der Waals surface area contributed by atoms with Crippen LogP contribution >= 0.6 is 0 Å². The molecule has 1 aromatic heterocycles. The Morgan fingerprint density at radius 2 is 2.05 bits per heavy atom. The van der Waals surface area contributed by atoms with E-state index in [2.05, 4.69) is 5.10 Å². The van der Waals surface area contributed by atoms with E-state index < -0.39 is 0 Å². The number of aryl methyl sites for hydroxylation is 1. The lowest BCUT2D eigenvalue weighted by atomic mass is 10.1. The molecule has 3 rings (SSSR count). The SMILES string of the molecule is CCn1cc(C(=O)c2ccc3c(c2)OCCO3)cn1. The van der Waals surface area contributed by atoms with Crippen LogP contribution in [0, 0.1) is 0 Å². The molecule has 2 aromatic rings. The molecule has 0 fully saturated rings. The Bertz CT molecular complexity index is 619. The second-order valence-corrected chi connectivity index (χ2v) is 4.27. The minimum absolute atomic E-state index is 0.0586. The van der Waals surface area contributed by atoms with Crippen molar-refractivity contribution in [1.82, 2.24) is 9.78 Å². The standard InChI is InChI=1S/C14H14N2O3/c1-2-16-9-11(8-15-16)14(17)10-3-4-12-13(7-10)19-6-5-18-12/h3-4,7-9H,2,5-6H2,1H3. The van der Waals surface area contributed by atoms with Gasteiger partial charge in [0.25, 0.3) is 0 Å². The summed E-state index contributed by atoms with van der Waals surface area (Å²) < 4.78 is 12.6. The normalized spacial score (nSPS) is 13.3. The van der Waals surface area contributed by atoms with E-state index in [4.69, 9.17) is 9.47 Å². The molecular weight excluding hydrogens is 244 g/mol. The number of hydrogen-bond acceptors (Lipinski definition) is 4. The van der Waals surface area contributed by atoms with Gasteiger partial charge in [0.2, 0.25) is 0 Å². The summed E-state index contributed by atoms with van der Waals surface area (Å²) in [4.78, 5) is 12.3. The molecule has 19 heavy (non-hydrogen) atoms. The third kappa shape index (κ3) is 2.19. The molecule has 0 amide bonds. The van der Waals surface area contributed by atoms with Crippen LogP contribution < -0.4 is 9.47 Å². The first-order valence-corrected chi connectivity index (χ1v) is 6.24. The van der Waals surface area contributed by atoms with Crippen molar-refractivity contribution in [3.8, 4) is 11.5 Å². The summed E-state index contributed by atoms with van der Waals surface area (Å²) in [5.74, 6) is 1.25. The van der Waals surface area contributed by atoms with Crippen molar-refractivity contribution in [2.24, 2.45) is 0 Å². The van der Waals surface area contributed by atoms with Gasteiger partial charge in [-0.15, -0.1) is 0 Å². The summed E-state index contributed by atoms with van der Waals surface area (Å²) in [6.07, 6.45) is 3.34. The van der Waals surface area contributed by atoms with Crippen molar-refractivity contribution >= 4 is 5.78 Å². The number of ketones is 1. The molecule has 0 saturated heterocycles. The van der Waals surface area contributed by atoms with E-state index in [1.54, 1.807) is 35.3 Å². The number of benzene rings is 1. The summed E-state index contributed by atoms with van der Waals surface area (Å²) in [5.41, 5.74) is 1.17. The highest BCUT2D eigenvalue weighted by Crippen LogP contribution is 2.31. The van der Waals surface area contributed by atoms with Crippen LogP contribution in [0.5, 0.6) is 11.5 Å². The molecule has 98 valence electrons. The second kappa shape index (κ2) is 4.76.